The molecule has 0 unspecified atom stereocenters. The van der Waals surface area contributed by atoms with Gasteiger partial charge in [-0.15, -0.1) is 10.2 Å². The van der Waals surface area contributed by atoms with Crippen LogP contribution in [0.3, 0.4) is 0 Å². The molecule has 0 saturated heterocycles. The van der Waals surface area contributed by atoms with Crippen molar-refractivity contribution in [2.45, 2.75) is 11.8 Å². The first-order chi connectivity index (χ1) is 13.1. The number of halogens is 1. The number of thioether (sulfide) groups is 1. The minimum absolute atomic E-state index is 0.00492. The lowest BCUT2D eigenvalue weighted by molar-refractivity contribution is 0.290. The maximum atomic E-state index is 10.3. The van der Waals surface area contributed by atoms with Crippen molar-refractivity contribution < 1.29 is 14.6 Å². The number of ether oxygens (including phenoxy) is 2. The Balaban J connectivity index is 1.87. The standard InChI is InChI=1S/C18H17BrN4O3S/c1-25-15-9-13(19)8-12(17(15)24)10-20-23-16(21-22-18(23)27-2)11-26-14-6-4-3-5-7-14/h3-10,24H,11H2,1-2H3/b20-10-. The van der Waals surface area contributed by atoms with Gasteiger partial charge in [0.05, 0.1) is 13.3 Å². The third-order valence-corrected chi connectivity index (χ3v) is 4.65. The molecule has 1 heterocycles. The minimum atomic E-state index is 0.00492. The van der Waals surface area contributed by atoms with E-state index in [0.717, 1.165) is 10.2 Å². The van der Waals surface area contributed by atoms with Crippen LogP contribution in [-0.4, -0.2) is 39.6 Å². The SMILES string of the molecule is COc1cc(Br)cc(/C=N\n2c(COc3ccccc3)nnc2SC)c1O. The van der Waals surface area contributed by atoms with Gasteiger partial charge in [0.1, 0.15) is 12.4 Å². The van der Waals surface area contributed by atoms with E-state index in [1.54, 1.807) is 16.8 Å². The highest BCUT2D eigenvalue weighted by Gasteiger charge is 2.13. The Morgan fingerprint density at radius 3 is 2.74 bits per heavy atom. The number of rotatable bonds is 7. The zero-order valence-corrected chi connectivity index (χ0v) is 17.1. The summed E-state index contributed by atoms with van der Waals surface area (Å²) in [4.78, 5) is 0. The molecule has 27 heavy (non-hydrogen) atoms. The summed E-state index contributed by atoms with van der Waals surface area (Å²) >= 11 is 4.80. The molecule has 0 amide bonds. The highest BCUT2D eigenvalue weighted by Crippen LogP contribution is 2.32. The van der Waals surface area contributed by atoms with Gasteiger partial charge in [-0.3, -0.25) is 0 Å². The van der Waals surface area contributed by atoms with Gasteiger partial charge < -0.3 is 14.6 Å². The van der Waals surface area contributed by atoms with E-state index in [2.05, 4.69) is 31.2 Å². The number of phenolic OH excluding ortho intramolecular Hbond substituents is 1. The van der Waals surface area contributed by atoms with Crippen LogP contribution in [0.15, 0.2) is 57.2 Å². The average Bonchev–Trinajstić information content (AvgIpc) is 3.09. The summed E-state index contributed by atoms with van der Waals surface area (Å²) in [5, 5.41) is 23.6. The molecule has 7 nitrogen and oxygen atoms in total. The number of aromatic hydroxyl groups is 1. The van der Waals surface area contributed by atoms with E-state index in [4.69, 9.17) is 9.47 Å². The fourth-order valence-corrected chi connectivity index (χ4v) is 3.16. The molecular formula is C18H17BrN4O3S. The largest absolute Gasteiger partial charge is 0.504 e. The summed E-state index contributed by atoms with van der Waals surface area (Å²) in [6.07, 6.45) is 3.41. The molecule has 140 valence electrons. The summed E-state index contributed by atoms with van der Waals surface area (Å²) in [5.41, 5.74) is 0.497. The summed E-state index contributed by atoms with van der Waals surface area (Å²) < 4.78 is 13.2. The molecule has 2 aromatic carbocycles. The quantitative estimate of drug-likeness (QED) is 0.435. The van der Waals surface area contributed by atoms with E-state index in [1.807, 2.05) is 36.6 Å². The Morgan fingerprint density at radius 2 is 2.04 bits per heavy atom. The van der Waals surface area contributed by atoms with Gasteiger partial charge in [0.25, 0.3) is 0 Å². The molecule has 1 aromatic heterocycles. The van der Waals surface area contributed by atoms with Crippen LogP contribution in [0.1, 0.15) is 11.4 Å². The maximum absolute atomic E-state index is 10.3. The van der Waals surface area contributed by atoms with Gasteiger partial charge in [0.2, 0.25) is 5.16 Å². The number of hydrogen-bond acceptors (Lipinski definition) is 7. The highest BCUT2D eigenvalue weighted by molar-refractivity contribution is 9.10. The number of phenols is 1. The molecule has 3 aromatic rings. The summed E-state index contributed by atoms with van der Waals surface area (Å²) in [6.45, 7) is 0.211. The molecule has 0 radical (unpaired) electrons. The van der Waals surface area contributed by atoms with Crippen LogP contribution in [-0.2, 0) is 6.61 Å². The Kier molecular flexibility index (Phi) is 6.36. The highest BCUT2D eigenvalue weighted by atomic mass is 79.9. The summed E-state index contributed by atoms with van der Waals surface area (Å²) in [5.74, 6) is 1.63. The third kappa shape index (κ3) is 4.61. The van der Waals surface area contributed by atoms with Gasteiger partial charge in [0.15, 0.2) is 17.3 Å². The fourth-order valence-electron chi connectivity index (χ4n) is 2.26. The molecule has 0 aliphatic rings. The first-order valence-electron chi connectivity index (χ1n) is 7.89. The number of nitrogens with zero attached hydrogens (tertiary/aromatic N) is 4. The lowest BCUT2D eigenvalue weighted by Gasteiger charge is -2.08. The van der Waals surface area contributed by atoms with E-state index in [-0.39, 0.29) is 12.4 Å². The summed E-state index contributed by atoms with van der Waals surface area (Å²) in [6, 6.07) is 12.9. The van der Waals surface area contributed by atoms with Crippen molar-refractivity contribution in [3.8, 4) is 17.2 Å². The molecule has 0 aliphatic heterocycles. The Labute approximate surface area is 169 Å². The lowest BCUT2D eigenvalue weighted by atomic mass is 10.2. The Hall–Kier alpha value is -2.52. The maximum Gasteiger partial charge on any atom is 0.211 e. The monoisotopic (exact) mass is 448 g/mol. The van der Waals surface area contributed by atoms with Crippen molar-refractivity contribution in [2.24, 2.45) is 5.10 Å². The second-order valence-electron chi connectivity index (χ2n) is 5.31. The predicted molar refractivity (Wildman–Crippen MR) is 108 cm³/mol. The molecule has 0 aliphatic carbocycles. The zero-order valence-electron chi connectivity index (χ0n) is 14.7. The first kappa shape index (κ1) is 19.2. The van der Waals surface area contributed by atoms with E-state index in [1.165, 1.54) is 25.1 Å². The Morgan fingerprint density at radius 1 is 1.26 bits per heavy atom. The van der Waals surface area contributed by atoms with Gasteiger partial charge in [-0.2, -0.15) is 9.78 Å². The second-order valence-corrected chi connectivity index (χ2v) is 7.00. The number of aromatic nitrogens is 3. The fraction of sp³-hybridized carbons (Fsp3) is 0.167. The van der Waals surface area contributed by atoms with Crippen LogP contribution in [0.4, 0.5) is 0 Å². The van der Waals surface area contributed by atoms with E-state index < -0.39 is 0 Å². The van der Waals surface area contributed by atoms with Gasteiger partial charge in [-0.05, 0) is 30.5 Å². The minimum Gasteiger partial charge on any atom is -0.504 e. The number of methoxy groups -OCH3 is 1. The smallest absolute Gasteiger partial charge is 0.211 e. The van der Waals surface area contributed by atoms with Crippen LogP contribution in [0.25, 0.3) is 0 Å². The van der Waals surface area contributed by atoms with Crippen molar-refractivity contribution in [3.63, 3.8) is 0 Å². The van der Waals surface area contributed by atoms with Gasteiger partial charge in [-0.1, -0.05) is 45.9 Å². The third-order valence-electron chi connectivity index (χ3n) is 3.57. The van der Waals surface area contributed by atoms with E-state index in [0.29, 0.717) is 22.3 Å². The molecule has 0 fully saturated rings. The van der Waals surface area contributed by atoms with Crippen molar-refractivity contribution in [3.05, 3.63) is 58.3 Å². The van der Waals surface area contributed by atoms with Crippen LogP contribution in [0.2, 0.25) is 0 Å². The predicted octanol–water partition coefficient (Wildman–Crippen LogP) is 3.94. The molecule has 3 rings (SSSR count). The van der Waals surface area contributed by atoms with E-state index >= 15 is 0 Å². The van der Waals surface area contributed by atoms with Crippen LogP contribution >= 0.6 is 27.7 Å². The normalized spacial score (nSPS) is 11.1. The van der Waals surface area contributed by atoms with Crippen LogP contribution < -0.4 is 9.47 Å². The van der Waals surface area contributed by atoms with Gasteiger partial charge in [-0.25, -0.2) is 0 Å². The van der Waals surface area contributed by atoms with Gasteiger partial charge >= 0.3 is 0 Å². The lowest BCUT2D eigenvalue weighted by Crippen LogP contribution is -2.05. The van der Waals surface area contributed by atoms with Gasteiger partial charge in [0, 0.05) is 10.0 Å². The summed E-state index contributed by atoms with van der Waals surface area (Å²) in [7, 11) is 1.49. The molecule has 0 spiro atoms. The zero-order chi connectivity index (χ0) is 19.2. The average molecular weight is 449 g/mol. The van der Waals surface area contributed by atoms with Crippen molar-refractivity contribution in [1.29, 1.82) is 0 Å². The molecule has 1 N–H and O–H groups in total. The number of hydrogen-bond donors (Lipinski definition) is 1. The van der Waals surface area contributed by atoms with Crippen molar-refractivity contribution in [1.82, 2.24) is 14.9 Å². The first-order valence-corrected chi connectivity index (χ1v) is 9.91. The van der Waals surface area contributed by atoms with Crippen molar-refractivity contribution in [2.75, 3.05) is 13.4 Å². The molecular weight excluding hydrogens is 432 g/mol. The van der Waals surface area contributed by atoms with Crippen LogP contribution in [0, 0.1) is 0 Å². The molecule has 9 heteroatoms. The number of para-hydroxylation sites is 1. The topological polar surface area (TPSA) is 81.8 Å². The molecule has 0 atom stereocenters. The molecule has 0 saturated carbocycles. The second kappa shape index (κ2) is 8.92. The van der Waals surface area contributed by atoms with Crippen LogP contribution in [0.5, 0.6) is 17.2 Å². The number of benzene rings is 2. The Bertz CT molecular complexity index is 947. The molecule has 0 bridgehead atoms. The van der Waals surface area contributed by atoms with Crippen molar-refractivity contribution >= 4 is 33.9 Å². The van der Waals surface area contributed by atoms with E-state index in [9.17, 15) is 5.11 Å².